The molecule has 0 aliphatic heterocycles. The van der Waals surface area contributed by atoms with Crippen LogP contribution in [0, 0.1) is 11.8 Å². The van der Waals surface area contributed by atoms with E-state index in [1.165, 1.54) is 115 Å². The maximum Gasteiger partial charge on any atom is 2.00 e. The fourth-order valence-corrected chi connectivity index (χ4v) is 5.81. The summed E-state index contributed by atoms with van der Waals surface area (Å²) in [4.78, 5) is 45.5. The van der Waals surface area contributed by atoms with Crippen molar-refractivity contribution in [2.24, 2.45) is 11.8 Å². The predicted molar refractivity (Wildman–Crippen MR) is 174 cm³/mol. The van der Waals surface area contributed by atoms with E-state index in [2.05, 4.69) is 13.8 Å². The van der Waals surface area contributed by atoms with Crippen LogP contribution >= 0.6 is 0 Å². The minimum Gasteiger partial charge on any atom is -0.545 e. The summed E-state index contributed by atoms with van der Waals surface area (Å²) in [5, 5.41) is 21.6. The van der Waals surface area contributed by atoms with Crippen molar-refractivity contribution in [1.29, 1.82) is 0 Å². The van der Waals surface area contributed by atoms with Crippen LogP contribution in [-0.2, 0) is 35.7 Å². The van der Waals surface area contributed by atoms with Crippen molar-refractivity contribution in [2.45, 2.75) is 155 Å². The van der Waals surface area contributed by atoms with Crippen molar-refractivity contribution < 1.29 is 45.9 Å². The fraction of sp³-hybridized carbons (Fsp3) is 0.684. The van der Waals surface area contributed by atoms with Crippen LogP contribution < -0.4 is 10.2 Å². The van der Waals surface area contributed by atoms with E-state index in [4.69, 9.17) is 0 Å². The summed E-state index contributed by atoms with van der Waals surface area (Å²) in [6.07, 6.45) is 36.3. The van der Waals surface area contributed by atoms with Gasteiger partial charge in [-0.05, 0) is 25.0 Å². The second-order valence-electron chi connectivity index (χ2n) is 12.4. The SMILES string of the molecule is CCCCCCCCCCCCC1C=CC=C(C(=O)[O-])C1=O.CCCCCCCCCCCCC1C=CC=C(C(=O)[O-])C1=O.[Ni+2]. The molecular formula is C38H58NiO6. The molecule has 6 nitrogen and oxygen atoms in total. The number of carbonyl (C=O) groups excluding carboxylic acids is 4. The molecule has 0 aromatic carbocycles. The molecule has 0 heterocycles. The van der Waals surface area contributed by atoms with Gasteiger partial charge in [-0.1, -0.05) is 167 Å². The topological polar surface area (TPSA) is 114 Å². The van der Waals surface area contributed by atoms with E-state index in [1.807, 2.05) is 12.2 Å². The van der Waals surface area contributed by atoms with Gasteiger partial charge in [-0.3, -0.25) is 9.59 Å². The number of carboxylic acids is 2. The molecule has 0 aromatic heterocycles. The van der Waals surface area contributed by atoms with Crippen molar-refractivity contribution in [2.75, 3.05) is 0 Å². The number of unbranched alkanes of at least 4 members (excludes halogenated alkanes) is 18. The van der Waals surface area contributed by atoms with Gasteiger partial charge >= 0.3 is 16.5 Å². The molecule has 0 aromatic rings. The number of rotatable bonds is 24. The molecule has 2 aliphatic carbocycles. The first-order chi connectivity index (χ1) is 21.3. The minimum absolute atomic E-state index is 0. The second-order valence-corrected chi connectivity index (χ2v) is 12.4. The molecule has 0 amide bonds. The van der Waals surface area contributed by atoms with E-state index in [0.717, 1.165) is 38.5 Å². The van der Waals surface area contributed by atoms with E-state index in [9.17, 15) is 29.4 Å². The molecule has 0 saturated heterocycles. The number of allylic oxidation sites excluding steroid dienone is 6. The normalized spacial score (nSPS) is 17.2. The molecule has 0 spiro atoms. The van der Waals surface area contributed by atoms with E-state index in [1.54, 1.807) is 12.2 Å². The third-order valence-corrected chi connectivity index (χ3v) is 8.59. The van der Waals surface area contributed by atoms with Crippen LogP contribution in [0.15, 0.2) is 47.6 Å². The Kier molecular flexibility index (Phi) is 26.6. The maximum atomic E-state index is 11.9. The van der Waals surface area contributed by atoms with Crippen LogP contribution in [0.1, 0.15) is 155 Å². The van der Waals surface area contributed by atoms with Crippen molar-refractivity contribution >= 4 is 23.5 Å². The van der Waals surface area contributed by atoms with E-state index in [-0.39, 0.29) is 51.0 Å². The Morgan fingerprint density at radius 3 is 1.04 bits per heavy atom. The molecule has 45 heavy (non-hydrogen) atoms. The van der Waals surface area contributed by atoms with Crippen LogP contribution in [0.2, 0.25) is 0 Å². The molecule has 2 unspecified atom stereocenters. The van der Waals surface area contributed by atoms with Crippen LogP contribution in [-0.4, -0.2) is 23.5 Å². The third kappa shape index (κ3) is 19.8. The van der Waals surface area contributed by atoms with Gasteiger partial charge < -0.3 is 19.8 Å². The predicted octanol–water partition coefficient (Wildman–Crippen LogP) is 7.46. The largest absolute Gasteiger partial charge is 2.00 e. The molecule has 256 valence electrons. The van der Waals surface area contributed by atoms with Gasteiger partial charge in [-0.15, -0.1) is 0 Å². The summed E-state index contributed by atoms with van der Waals surface area (Å²) in [6, 6.07) is 0. The van der Waals surface area contributed by atoms with E-state index in [0.29, 0.717) is 0 Å². The molecule has 0 bridgehead atoms. The Bertz CT molecular complexity index is 899. The fourth-order valence-electron chi connectivity index (χ4n) is 5.81. The molecule has 0 saturated carbocycles. The average Bonchev–Trinajstić information content (AvgIpc) is 3.00. The number of carboxylic acid groups (broad SMARTS) is 2. The quantitative estimate of drug-likeness (QED) is 0.0599. The molecule has 7 heteroatoms. The summed E-state index contributed by atoms with van der Waals surface area (Å²) in [5.74, 6) is -3.85. The Morgan fingerprint density at radius 1 is 0.511 bits per heavy atom. The van der Waals surface area contributed by atoms with Gasteiger partial charge in [0.05, 0.1) is 11.9 Å². The molecule has 0 radical (unpaired) electrons. The molecule has 0 N–H and O–H groups in total. The van der Waals surface area contributed by atoms with Crippen LogP contribution in [0.25, 0.3) is 0 Å². The minimum atomic E-state index is -1.36. The molecular weight excluding hydrogens is 611 g/mol. The van der Waals surface area contributed by atoms with Gasteiger partial charge in [0.2, 0.25) is 0 Å². The van der Waals surface area contributed by atoms with Gasteiger partial charge in [0, 0.05) is 23.0 Å². The Morgan fingerprint density at radius 2 is 0.778 bits per heavy atom. The number of Topliss-reactive ketones (excluding diaryl/α,β-unsaturated/α-hetero) is 2. The monoisotopic (exact) mass is 668 g/mol. The first-order valence-corrected chi connectivity index (χ1v) is 17.6. The van der Waals surface area contributed by atoms with Gasteiger partial charge in [0.25, 0.3) is 0 Å². The van der Waals surface area contributed by atoms with Gasteiger partial charge in [0.1, 0.15) is 0 Å². The summed E-state index contributed by atoms with van der Waals surface area (Å²) in [5.41, 5.74) is -0.362. The average molecular weight is 670 g/mol. The second kappa shape index (κ2) is 28.0. The number of carbonyl (C=O) groups is 4. The van der Waals surface area contributed by atoms with Crippen molar-refractivity contribution in [1.82, 2.24) is 0 Å². The first kappa shape index (κ1) is 42.7. The van der Waals surface area contributed by atoms with Crippen LogP contribution in [0.3, 0.4) is 0 Å². The first-order valence-electron chi connectivity index (χ1n) is 17.6. The van der Waals surface area contributed by atoms with Crippen LogP contribution in [0.5, 0.6) is 0 Å². The van der Waals surface area contributed by atoms with E-state index < -0.39 is 11.9 Å². The zero-order chi connectivity index (χ0) is 32.4. The molecule has 0 fully saturated rings. The maximum absolute atomic E-state index is 11.9. The van der Waals surface area contributed by atoms with E-state index >= 15 is 0 Å². The number of ketones is 2. The molecule has 2 rings (SSSR count). The van der Waals surface area contributed by atoms with Gasteiger partial charge in [0.15, 0.2) is 11.6 Å². The summed E-state index contributed by atoms with van der Waals surface area (Å²) >= 11 is 0. The smallest absolute Gasteiger partial charge is 0.545 e. The molecule has 2 atom stereocenters. The van der Waals surface area contributed by atoms with Crippen molar-refractivity contribution in [3.8, 4) is 0 Å². The summed E-state index contributed by atoms with van der Waals surface area (Å²) in [6.45, 7) is 4.47. The third-order valence-electron chi connectivity index (χ3n) is 8.59. The Hall–Kier alpha value is -2.27. The van der Waals surface area contributed by atoms with Crippen molar-refractivity contribution in [3.05, 3.63) is 47.6 Å². The summed E-state index contributed by atoms with van der Waals surface area (Å²) < 4.78 is 0. The Labute approximate surface area is 283 Å². The number of aliphatic carboxylic acids is 2. The number of hydrogen-bond donors (Lipinski definition) is 0. The zero-order valence-corrected chi connectivity index (χ0v) is 28.9. The van der Waals surface area contributed by atoms with Crippen LogP contribution in [0.4, 0.5) is 0 Å². The zero-order valence-electron chi connectivity index (χ0n) is 27.9. The van der Waals surface area contributed by atoms with Gasteiger partial charge in [-0.2, -0.15) is 0 Å². The number of hydrogen-bond acceptors (Lipinski definition) is 6. The Balaban J connectivity index is 0.000000842. The standard InChI is InChI=1S/2C19H30O3.Ni/c2*1-2-3-4-5-6-7-8-9-10-11-13-16-14-12-15-17(18(16)20)19(21)22;/h2*12,14-16H,2-11,13H2,1H3,(H,21,22);/q;;+2/p-2. The van der Waals surface area contributed by atoms with Crippen molar-refractivity contribution in [3.63, 3.8) is 0 Å². The summed E-state index contributed by atoms with van der Waals surface area (Å²) in [7, 11) is 0. The molecule has 2 aliphatic rings. The van der Waals surface area contributed by atoms with Gasteiger partial charge in [-0.25, -0.2) is 0 Å².